The first kappa shape index (κ1) is 18.9. The molecule has 0 aromatic heterocycles. The smallest absolute Gasteiger partial charge is 0.309 e. The first-order chi connectivity index (χ1) is 12.8. The summed E-state index contributed by atoms with van der Waals surface area (Å²) in [7, 11) is 0. The van der Waals surface area contributed by atoms with Gasteiger partial charge >= 0.3 is 11.7 Å². The summed E-state index contributed by atoms with van der Waals surface area (Å²) in [6, 6.07) is 2.94. The molecule has 1 aromatic carbocycles. The Balaban J connectivity index is 1.52. The van der Waals surface area contributed by atoms with Crippen LogP contribution in [0.3, 0.4) is 0 Å². The molecule has 2 bridgehead atoms. The minimum absolute atomic E-state index is 0.0296. The molecular formula is C18H19FN2O6. The molecule has 2 aliphatic rings. The van der Waals surface area contributed by atoms with E-state index in [1.807, 2.05) is 0 Å². The molecule has 144 valence electrons. The number of nitrogens with zero attached hydrogens (tertiary/aromatic N) is 1. The van der Waals surface area contributed by atoms with Crippen LogP contribution < -0.4 is 5.32 Å². The first-order valence-electron chi connectivity index (χ1n) is 8.79. The number of carbonyl (C=O) groups is 3. The van der Waals surface area contributed by atoms with E-state index in [1.54, 1.807) is 0 Å². The second kappa shape index (κ2) is 7.81. The lowest BCUT2D eigenvalue weighted by Gasteiger charge is -2.36. The highest BCUT2D eigenvalue weighted by Crippen LogP contribution is 2.40. The fourth-order valence-corrected chi connectivity index (χ4v) is 3.85. The Morgan fingerprint density at radius 1 is 1.26 bits per heavy atom. The number of hydrogen-bond acceptors (Lipinski definition) is 6. The van der Waals surface area contributed by atoms with Crippen LogP contribution in [0.4, 0.5) is 15.8 Å². The van der Waals surface area contributed by atoms with E-state index in [4.69, 9.17) is 4.74 Å². The number of anilines is 1. The number of benzene rings is 1. The summed E-state index contributed by atoms with van der Waals surface area (Å²) in [6.07, 6.45) is 3.50. The Labute approximate surface area is 154 Å². The third-order valence-electron chi connectivity index (χ3n) is 5.15. The van der Waals surface area contributed by atoms with Gasteiger partial charge < -0.3 is 10.1 Å². The minimum atomic E-state index is -1.01. The van der Waals surface area contributed by atoms with Crippen molar-refractivity contribution in [1.29, 1.82) is 0 Å². The second-order valence-corrected chi connectivity index (χ2v) is 6.97. The normalized spacial score (nSPS) is 24.2. The molecule has 2 saturated carbocycles. The van der Waals surface area contributed by atoms with E-state index in [1.165, 1.54) is 6.07 Å². The molecule has 0 aliphatic heterocycles. The van der Waals surface area contributed by atoms with Crippen molar-refractivity contribution in [2.24, 2.45) is 17.8 Å². The molecule has 0 spiro atoms. The lowest BCUT2D eigenvalue weighted by atomic mass is 9.67. The number of halogens is 1. The van der Waals surface area contributed by atoms with Crippen molar-refractivity contribution in [3.8, 4) is 0 Å². The zero-order valence-electron chi connectivity index (χ0n) is 14.5. The van der Waals surface area contributed by atoms with Gasteiger partial charge in [0.2, 0.25) is 5.82 Å². The van der Waals surface area contributed by atoms with E-state index >= 15 is 0 Å². The third-order valence-corrected chi connectivity index (χ3v) is 5.15. The molecule has 0 heterocycles. The largest absolute Gasteiger partial charge is 0.455 e. The number of esters is 1. The number of ether oxygens (including phenoxy) is 1. The molecule has 1 N–H and O–H groups in total. The summed E-state index contributed by atoms with van der Waals surface area (Å²) in [4.78, 5) is 46.0. The molecule has 9 heteroatoms. The lowest BCUT2D eigenvalue weighted by molar-refractivity contribution is -0.387. The van der Waals surface area contributed by atoms with Crippen molar-refractivity contribution in [3.63, 3.8) is 0 Å². The highest BCUT2D eigenvalue weighted by Gasteiger charge is 2.41. The Kier molecular flexibility index (Phi) is 5.48. The summed E-state index contributed by atoms with van der Waals surface area (Å²) < 4.78 is 18.3. The number of amides is 1. The van der Waals surface area contributed by atoms with E-state index in [-0.39, 0.29) is 23.3 Å². The molecule has 3 rings (SSSR count). The van der Waals surface area contributed by atoms with Crippen LogP contribution >= 0.6 is 0 Å². The number of nitro benzene ring substituents is 1. The second-order valence-electron chi connectivity index (χ2n) is 6.97. The van der Waals surface area contributed by atoms with Gasteiger partial charge in [-0.05, 0) is 37.8 Å². The molecule has 2 aliphatic carbocycles. The van der Waals surface area contributed by atoms with E-state index in [0.29, 0.717) is 12.8 Å². The Morgan fingerprint density at radius 2 is 1.93 bits per heavy atom. The van der Waals surface area contributed by atoms with Gasteiger partial charge in [0.25, 0.3) is 5.91 Å². The molecule has 27 heavy (non-hydrogen) atoms. The average Bonchev–Trinajstić information content (AvgIpc) is 2.61. The van der Waals surface area contributed by atoms with Crippen LogP contribution in [-0.2, 0) is 19.1 Å². The quantitative estimate of drug-likeness (QED) is 0.478. The Bertz CT molecular complexity index is 780. The lowest BCUT2D eigenvalue weighted by Crippen LogP contribution is -2.40. The zero-order chi connectivity index (χ0) is 19.6. The number of fused-ring (bicyclic) bond motifs is 2. The van der Waals surface area contributed by atoms with Crippen LogP contribution in [-0.4, -0.2) is 29.2 Å². The van der Waals surface area contributed by atoms with E-state index in [2.05, 4.69) is 5.32 Å². The molecule has 0 saturated heterocycles. The van der Waals surface area contributed by atoms with Crippen molar-refractivity contribution in [2.45, 2.75) is 32.1 Å². The topological polar surface area (TPSA) is 116 Å². The van der Waals surface area contributed by atoms with Crippen LogP contribution in [0.5, 0.6) is 0 Å². The molecule has 2 unspecified atom stereocenters. The number of nitro groups is 1. The predicted octanol–water partition coefficient (Wildman–Crippen LogP) is 2.61. The zero-order valence-corrected chi connectivity index (χ0v) is 14.5. The summed E-state index contributed by atoms with van der Waals surface area (Å²) in [5.74, 6) is -2.55. The molecule has 1 aromatic rings. The van der Waals surface area contributed by atoms with Crippen molar-refractivity contribution >= 4 is 29.0 Å². The maximum atomic E-state index is 13.3. The van der Waals surface area contributed by atoms with E-state index < -0.39 is 40.8 Å². The van der Waals surface area contributed by atoms with Crippen LogP contribution in [0.25, 0.3) is 0 Å². The number of carbonyl (C=O) groups excluding carboxylic acids is 3. The number of hydrogen-bond donors (Lipinski definition) is 1. The van der Waals surface area contributed by atoms with Gasteiger partial charge in [0.05, 0.1) is 10.8 Å². The standard InChI is InChI=1S/C18H19FN2O6/c19-14-5-4-13(8-15(14)21(25)26)20-16(22)9-27-18(24)12-6-10-2-1-3-11(7-12)17(10)23/h4-5,8,10-12H,1-3,6-7,9H2,(H,20,22). The highest BCUT2D eigenvalue weighted by molar-refractivity contribution is 5.93. The summed E-state index contributed by atoms with van der Waals surface area (Å²) >= 11 is 0. The van der Waals surface area contributed by atoms with Gasteiger partial charge in [-0.1, -0.05) is 6.42 Å². The Morgan fingerprint density at radius 3 is 2.56 bits per heavy atom. The molecular weight excluding hydrogens is 359 g/mol. The SMILES string of the molecule is O=C(COC(=O)C1CC2CCCC(C1)C2=O)Nc1ccc(F)c([N+](=O)[O-])c1. The van der Waals surface area contributed by atoms with Gasteiger partial charge in [0, 0.05) is 23.6 Å². The molecule has 1 amide bonds. The summed E-state index contributed by atoms with van der Waals surface area (Å²) in [5, 5.41) is 13.0. The summed E-state index contributed by atoms with van der Waals surface area (Å²) in [5.41, 5.74) is -0.731. The van der Waals surface area contributed by atoms with Gasteiger partial charge in [-0.3, -0.25) is 24.5 Å². The third kappa shape index (κ3) is 4.29. The summed E-state index contributed by atoms with van der Waals surface area (Å²) in [6.45, 7) is -0.552. The van der Waals surface area contributed by atoms with Gasteiger partial charge in [-0.15, -0.1) is 0 Å². The van der Waals surface area contributed by atoms with Crippen LogP contribution in [0.1, 0.15) is 32.1 Å². The number of ketones is 1. The van der Waals surface area contributed by atoms with Crippen molar-refractivity contribution < 1.29 is 28.4 Å². The maximum absolute atomic E-state index is 13.3. The molecule has 2 atom stereocenters. The number of Topliss-reactive ketones (excluding diaryl/α,β-unsaturated/α-hetero) is 1. The van der Waals surface area contributed by atoms with Gasteiger partial charge in [0.1, 0.15) is 5.78 Å². The van der Waals surface area contributed by atoms with Gasteiger partial charge in [-0.25, -0.2) is 0 Å². The van der Waals surface area contributed by atoms with Gasteiger partial charge in [0.15, 0.2) is 6.61 Å². The van der Waals surface area contributed by atoms with Crippen molar-refractivity contribution in [1.82, 2.24) is 0 Å². The van der Waals surface area contributed by atoms with Crippen LogP contribution in [0, 0.1) is 33.7 Å². The molecule has 8 nitrogen and oxygen atoms in total. The number of rotatable bonds is 5. The van der Waals surface area contributed by atoms with Crippen molar-refractivity contribution in [2.75, 3.05) is 11.9 Å². The monoisotopic (exact) mass is 378 g/mol. The minimum Gasteiger partial charge on any atom is -0.455 e. The highest BCUT2D eigenvalue weighted by atomic mass is 19.1. The van der Waals surface area contributed by atoms with Crippen LogP contribution in [0.15, 0.2) is 18.2 Å². The fraction of sp³-hybridized carbons (Fsp3) is 0.500. The van der Waals surface area contributed by atoms with Gasteiger partial charge in [-0.2, -0.15) is 4.39 Å². The van der Waals surface area contributed by atoms with Crippen molar-refractivity contribution in [3.05, 3.63) is 34.1 Å². The fourth-order valence-electron chi connectivity index (χ4n) is 3.85. The predicted molar refractivity (Wildman–Crippen MR) is 91.2 cm³/mol. The maximum Gasteiger partial charge on any atom is 0.309 e. The van der Waals surface area contributed by atoms with E-state index in [9.17, 15) is 28.9 Å². The van der Waals surface area contributed by atoms with Crippen LogP contribution in [0.2, 0.25) is 0 Å². The average molecular weight is 378 g/mol. The first-order valence-corrected chi connectivity index (χ1v) is 8.79. The molecule has 0 radical (unpaired) electrons. The Hall–Kier alpha value is -2.84. The number of nitrogens with one attached hydrogen (secondary N) is 1. The molecule has 2 fully saturated rings. The van der Waals surface area contributed by atoms with E-state index in [0.717, 1.165) is 31.4 Å².